The van der Waals surface area contributed by atoms with Gasteiger partial charge in [-0.1, -0.05) is 0 Å². The van der Waals surface area contributed by atoms with Crippen molar-refractivity contribution < 1.29 is 27.7 Å². The summed E-state index contributed by atoms with van der Waals surface area (Å²) >= 11 is 0. The van der Waals surface area contributed by atoms with Crippen LogP contribution < -0.4 is 0 Å². The van der Waals surface area contributed by atoms with Crippen molar-refractivity contribution in [3.8, 4) is 0 Å². The summed E-state index contributed by atoms with van der Waals surface area (Å²) in [5.74, 6) is 0. The van der Waals surface area contributed by atoms with E-state index >= 15 is 0 Å². The lowest BCUT2D eigenvalue weighted by atomic mass is 9.97. The van der Waals surface area contributed by atoms with Gasteiger partial charge in [0.05, 0.1) is 0 Å². The summed E-state index contributed by atoms with van der Waals surface area (Å²) in [4.78, 5) is 0. The first kappa shape index (κ1) is 13.0. The Bertz CT molecular complexity index is 138. The zero-order valence-electron chi connectivity index (χ0n) is 9.30. The average Bonchev–Trinajstić information content (AvgIpc) is 2.19. The summed E-state index contributed by atoms with van der Waals surface area (Å²) < 4.78 is 31.0. The molecule has 0 aromatic carbocycles. The lowest BCUT2D eigenvalue weighted by molar-refractivity contribution is 0.0729. The highest BCUT2D eigenvalue weighted by Crippen LogP contribution is 2.10. The predicted octanol–water partition coefficient (Wildman–Crippen LogP) is 0.114. The van der Waals surface area contributed by atoms with Gasteiger partial charge >= 0.3 is 22.0 Å². The van der Waals surface area contributed by atoms with Gasteiger partial charge in [0.1, 0.15) is 0 Å². The molecule has 0 atom stereocenters. The van der Waals surface area contributed by atoms with Crippen molar-refractivity contribution in [1.82, 2.24) is 0 Å². The van der Waals surface area contributed by atoms with Gasteiger partial charge in [-0.3, -0.25) is 0 Å². The Balaban J connectivity index is 2.40. The monoisotopic (exact) mass is 216 g/mol. The lowest BCUT2D eigenvalue weighted by Gasteiger charge is -2.27. The quantitative estimate of drug-likeness (QED) is 0.587. The van der Waals surface area contributed by atoms with Gasteiger partial charge in [0.25, 0.3) is 0 Å². The minimum Gasteiger partial charge on any atom is -0.400 e. The van der Waals surface area contributed by atoms with Gasteiger partial charge < -0.3 is 27.7 Å². The average molecular weight is 216 g/mol. The molecule has 1 saturated heterocycles. The molecule has 1 fully saturated rings. The van der Waals surface area contributed by atoms with Crippen molar-refractivity contribution in [2.24, 2.45) is 0 Å². The molecule has 0 aliphatic carbocycles. The van der Waals surface area contributed by atoms with Crippen LogP contribution in [-0.4, -0.2) is 41.8 Å². The zero-order chi connectivity index (χ0) is 11.1. The third-order valence-electron chi connectivity index (χ3n) is 1.57. The molecule has 1 aliphatic heterocycles. The summed E-state index contributed by atoms with van der Waals surface area (Å²) in [7, 11) is -2.43. The molecular weight excluding hydrogens is 200 g/mol. The molecule has 0 aromatic rings. The highest BCUT2D eigenvalue weighted by molar-refractivity contribution is 6.66. The molecule has 1 heterocycles. The van der Waals surface area contributed by atoms with Crippen LogP contribution >= 0.6 is 0 Å². The fraction of sp³-hybridized carbons (Fsp3) is 1.00. The first-order chi connectivity index (χ1) is 7.30. The summed E-state index contributed by atoms with van der Waals surface area (Å²) in [6.45, 7) is 6.95. The van der Waals surface area contributed by atoms with Crippen LogP contribution in [0.2, 0.25) is 0 Å². The van der Waals surface area contributed by atoms with Gasteiger partial charge in [-0.25, -0.2) is 0 Å². The smallest absolute Gasteiger partial charge is 0.400 e. The maximum absolute atomic E-state index is 5.17. The van der Waals surface area contributed by atoms with Crippen molar-refractivity contribution in [1.29, 1.82) is 0 Å². The van der Waals surface area contributed by atoms with Crippen molar-refractivity contribution in [3.63, 3.8) is 0 Å². The predicted molar refractivity (Wildman–Crippen MR) is 55.4 cm³/mol. The van der Waals surface area contributed by atoms with E-state index in [9.17, 15) is 0 Å². The molecule has 0 N–H and O–H groups in total. The van der Waals surface area contributed by atoms with Crippen molar-refractivity contribution in [3.05, 3.63) is 0 Å². The van der Waals surface area contributed by atoms with E-state index in [-0.39, 0.29) is 0 Å². The largest absolute Gasteiger partial charge is 0.615 e. The van der Waals surface area contributed by atoms with Gasteiger partial charge in [-0.2, -0.15) is 0 Å². The molecule has 0 aromatic heterocycles. The van der Waals surface area contributed by atoms with E-state index in [4.69, 9.17) is 27.7 Å². The Labute approximate surface area is 91.0 Å². The molecule has 84 valence electrons. The Kier molecular flexibility index (Phi) is 6.31. The standard InChI is InChI=1S/C6H15B3O6/c1-4-10-7-13-8(11-5-2)15-9(14-7)12-6-3/h4-6H2,1-3H3. The molecule has 9 heteroatoms. The molecule has 1 rings (SSSR count). The van der Waals surface area contributed by atoms with E-state index in [1.54, 1.807) is 0 Å². The maximum atomic E-state index is 5.17. The second-order valence-electron chi connectivity index (χ2n) is 2.64. The topological polar surface area (TPSA) is 55.4 Å². The molecule has 0 radical (unpaired) electrons. The van der Waals surface area contributed by atoms with E-state index < -0.39 is 22.0 Å². The normalized spacial score (nSPS) is 17.4. The second kappa shape index (κ2) is 7.26. The molecule has 0 saturated carbocycles. The van der Waals surface area contributed by atoms with Crippen molar-refractivity contribution in [2.75, 3.05) is 19.8 Å². The van der Waals surface area contributed by atoms with Crippen LogP contribution in [0.1, 0.15) is 20.8 Å². The number of rotatable bonds is 6. The minimum atomic E-state index is -0.808. The van der Waals surface area contributed by atoms with Crippen LogP contribution in [0.15, 0.2) is 0 Å². The molecule has 0 spiro atoms. The molecule has 0 amide bonds. The van der Waals surface area contributed by atoms with E-state index in [1.165, 1.54) is 0 Å². The van der Waals surface area contributed by atoms with Gasteiger partial charge in [0, 0.05) is 19.8 Å². The van der Waals surface area contributed by atoms with Crippen LogP contribution in [0.5, 0.6) is 0 Å². The Morgan fingerprint density at radius 2 is 0.933 bits per heavy atom. The third-order valence-corrected chi connectivity index (χ3v) is 1.57. The van der Waals surface area contributed by atoms with E-state index in [0.29, 0.717) is 19.8 Å². The molecule has 0 bridgehead atoms. The number of hydrogen-bond donors (Lipinski definition) is 0. The SMILES string of the molecule is CCOB1OB(OCC)OB(OCC)O1. The molecular formula is C6H15B3O6. The summed E-state index contributed by atoms with van der Waals surface area (Å²) in [6.07, 6.45) is 0. The highest BCUT2D eigenvalue weighted by Gasteiger charge is 2.45. The highest BCUT2D eigenvalue weighted by atomic mass is 16.9. The molecule has 6 nitrogen and oxygen atoms in total. The van der Waals surface area contributed by atoms with Gasteiger partial charge in [-0.15, -0.1) is 0 Å². The lowest BCUT2D eigenvalue weighted by Crippen LogP contribution is -2.52. The molecule has 1 aliphatic rings. The van der Waals surface area contributed by atoms with Crippen LogP contribution in [0, 0.1) is 0 Å². The van der Waals surface area contributed by atoms with Crippen molar-refractivity contribution in [2.45, 2.75) is 20.8 Å². The van der Waals surface area contributed by atoms with Crippen LogP contribution in [-0.2, 0) is 27.7 Å². The summed E-state index contributed by atoms with van der Waals surface area (Å²) in [5.41, 5.74) is 0. The fourth-order valence-corrected chi connectivity index (χ4v) is 1.01. The van der Waals surface area contributed by atoms with Gasteiger partial charge in [-0.05, 0) is 20.8 Å². The third kappa shape index (κ3) is 4.54. The maximum Gasteiger partial charge on any atom is 0.615 e. The van der Waals surface area contributed by atoms with Gasteiger partial charge in [0.15, 0.2) is 0 Å². The van der Waals surface area contributed by atoms with E-state index in [1.807, 2.05) is 20.8 Å². The Hall–Kier alpha value is -0.0452. The summed E-state index contributed by atoms with van der Waals surface area (Å²) in [6, 6.07) is 0. The van der Waals surface area contributed by atoms with Crippen LogP contribution in [0.25, 0.3) is 0 Å². The minimum absolute atomic E-state index is 0.475. The second-order valence-corrected chi connectivity index (χ2v) is 2.64. The molecule has 15 heavy (non-hydrogen) atoms. The fourth-order valence-electron chi connectivity index (χ4n) is 1.01. The zero-order valence-corrected chi connectivity index (χ0v) is 9.30. The van der Waals surface area contributed by atoms with Crippen LogP contribution in [0.3, 0.4) is 0 Å². The van der Waals surface area contributed by atoms with Crippen molar-refractivity contribution >= 4 is 22.0 Å². The Morgan fingerprint density at radius 1 is 0.667 bits per heavy atom. The number of hydrogen-bond acceptors (Lipinski definition) is 6. The van der Waals surface area contributed by atoms with E-state index in [0.717, 1.165) is 0 Å². The van der Waals surface area contributed by atoms with Gasteiger partial charge in [0.2, 0.25) is 0 Å². The van der Waals surface area contributed by atoms with E-state index in [2.05, 4.69) is 0 Å². The van der Waals surface area contributed by atoms with Crippen LogP contribution in [0.4, 0.5) is 0 Å². The first-order valence-electron chi connectivity index (χ1n) is 5.11. The first-order valence-corrected chi connectivity index (χ1v) is 5.11. The Morgan fingerprint density at radius 3 is 1.13 bits per heavy atom. The molecule has 0 unspecified atom stereocenters. The summed E-state index contributed by atoms with van der Waals surface area (Å²) in [5, 5.41) is 0.